The van der Waals surface area contributed by atoms with Crippen LogP contribution in [0.3, 0.4) is 0 Å². The van der Waals surface area contributed by atoms with Gasteiger partial charge in [0.2, 0.25) is 0 Å². The summed E-state index contributed by atoms with van der Waals surface area (Å²) < 4.78 is 5.73. The van der Waals surface area contributed by atoms with Crippen LogP contribution < -0.4 is 15.8 Å². The molecule has 0 unspecified atom stereocenters. The van der Waals surface area contributed by atoms with Gasteiger partial charge in [-0.15, -0.1) is 12.4 Å². The summed E-state index contributed by atoms with van der Waals surface area (Å²) in [5, 5.41) is 3.07. The van der Waals surface area contributed by atoms with Crippen LogP contribution in [0, 0.1) is 20.8 Å². The number of carbonyl (C=O) groups is 1. The quantitative estimate of drug-likeness (QED) is 0.874. The number of halogens is 1. The molecule has 0 bridgehead atoms. The number of aryl methyl sites for hydroxylation is 3. The van der Waals surface area contributed by atoms with Crippen LogP contribution in [0.2, 0.25) is 0 Å². The lowest BCUT2D eigenvalue weighted by molar-refractivity contribution is -0.124. The molecular formula is C17H27ClN2O2. The summed E-state index contributed by atoms with van der Waals surface area (Å²) in [7, 11) is 0. The maximum absolute atomic E-state index is 12.1. The van der Waals surface area contributed by atoms with Crippen LogP contribution in [0.4, 0.5) is 0 Å². The van der Waals surface area contributed by atoms with E-state index in [0.717, 1.165) is 42.6 Å². The zero-order valence-electron chi connectivity index (χ0n) is 13.7. The molecule has 0 saturated heterocycles. The second-order valence-electron chi connectivity index (χ2n) is 6.26. The van der Waals surface area contributed by atoms with Gasteiger partial charge in [0.15, 0.2) is 6.61 Å². The highest BCUT2D eigenvalue weighted by molar-refractivity contribution is 5.85. The molecule has 1 saturated carbocycles. The van der Waals surface area contributed by atoms with Crippen molar-refractivity contribution in [2.75, 3.05) is 13.2 Å². The van der Waals surface area contributed by atoms with E-state index in [1.165, 1.54) is 5.56 Å². The van der Waals surface area contributed by atoms with E-state index in [4.69, 9.17) is 10.5 Å². The van der Waals surface area contributed by atoms with Crippen LogP contribution in [-0.2, 0) is 4.79 Å². The standard InChI is InChI=1S/C17H26N2O2.ClH/c1-12-8-13(2)16(14(3)9-12)21-10-15(20)19-17(11-18)6-4-5-7-17;/h8-9H,4-7,10-11,18H2,1-3H3,(H,19,20);1H. The summed E-state index contributed by atoms with van der Waals surface area (Å²) in [5.74, 6) is 0.727. The second kappa shape index (κ2) is 7.84. The van der Waals surface area contributed by atoms with E-state index < -0.39 is 0 Å². The molecule has 1 amide bonds. The molecule has 1 aliphatic rings. The molecule has 1 fully saturated rings. The average molecular weight is 327 g/mol. The number of hydrogen-bond donors (Lipinski definition) is 2. The number of hydrogen-bond acceptors (Lipinski definition) is 3. The minimum absolute atomic E-state index is 0. The van der Waals surface area contributed by atoms with Gasteiger partial charge in [-0.1, -0.05) is 30.5 Å². The Hall–Kier alpha value is -1.26. The molecule has 0 aromatic heterocycles. The highest BCUT2D eigenvalue weighted by Gasteiger charge is 2.33. The van der Waals surface area contributed by atoms with E-state index in [9.17, 15) is 4.79 Å². The van der Waals surface area contributed by atoms with Crippen molar-refractivity contribution in [3.63, 3.8) is 0 Å². The minimum atomic E-state index is -0.211. The van der Waals surface area contributed by atoms with Gasteiger partial charge in [-0.25, -0.2) is 0 Å². The van der Waals surface area contributed by atoms with E-state index in [0.29, 0.717) is 6.54 Å². The first-order chi connectivity index (χ1) is 9.96. The van der Waals surface area contributed by atoms with Gasteiger partial charge in [-0.05, 0) is 44.7 Å². The van der Waals surface area contributed by atoms with E-state index in [1.807, 2.05) is 13.8 Å². The molecule has 4 nitrogen and oxygen atoms in total. The third-order valence-electron chi connectivity index (χ3n) is 4.31. The molecule has 1 aromatic rings. The van der Waals surface area contributed by atoms with E-state index in [-0.39, 0.29) is 30.5 Å². The fraction of sp³-hybridized carbons (Fsp3) is 0.588. The maximum Gasteiger partial charge on any atom is 0.258 e. The Balaban J connectivity index is 0.00000242. The molecule has 0 radical (unpaired) electrons. The number of rotatable bonds is 5. The topological polar surface area (TPSA) is 64.3 Å². The van der Waals surface area contributed by atoms with Crippen LogP contribution in [-0.4, -0.2) is 24.6 Å². The van der Waals surface area contributed by atoms with Crippen molar-refractivity contribution in [2.24, 2.45) is 5.73 Å². The molecule has 5 heteroatoms. The summed E-state index contributed by atoms with van der Waals surface area (Å²) in [6.45, 7) is 6.62. The molecule has 22 heavy (non-hydrogen) atoms. The number of amides is 1. The fourth-order valence-corrected chi connectivity index (χ4v) is 3.30. The monoisotopic (exact) mass is 326 g/mol. The predicted molar refractivity (Wildman–Crippen MR) is 91.8 cm³/mol. The summed E-state index contributed by atoms with van der Waals surface area (Å²) in [6.07, 6.45) is 4.21. The molecule has 0 heterocycles. The Kier molecular flexibility index (Phi) is 6.69. The number of nitrogens with two attached hydrogens (primary N) is 1. The molecule has 124 valence electrons. The Bertz CT molecular complexity index is 502. The van der Waals surface area contributed by atoms with E-state index in [2.05, 4.69) is 24.4 Å². The smallest absolute Gasteiger partial charge is 0.258 e. The average Bonchev–Trinajstić information content (AvgIpc) is 2.86. The molecular weight excluding hydrogens is 300 g/mol. The SMILES string of the molecule is Cc1cc(C)c(OCC(=O)NC2(CN)CCCC2)c(C)c1.Cl. The predicted octanol–water partition coefficient (Wildman–Crippen LogP) is 2.80. The third-order valence-corrected chi connectivity index (χ3v) is 4.31. The zero-order valence-corrected chi connectivity index (χ0v) is 14.5. The van der Waals surface area contributed by atoms with Gasteiger partial charge < -0.3 is 15.8 Å². The second-order valence-corrected chi connectivity index (χ2v) is 6.26. The highest BCUT2D eigenvalue weighted by atomic mass is 35.5. The third kappa shape index (κ3) is 4.37. The summed E-state index contributed by atoms with van der Waals surface area (Å²) in [5.41, 5.74) is 8.96. The molecule has 2 rings (SSSR count). The zero-order chi connectivity index (χ0) is 15.5. The molecule has 1 aromatic carbocycles. The number of nitrogens with one attached hydrogen (secondary N) is 1. The summed E-state index contributed by atoms with van der Waals surface area (Å²) in [6, 6.07) is 4.14. The molecule has 0 spiro atoms. The number of ether oxygens (including phenoxy) is 1. The van der Waals surface area contributed by atoms with E-state index >= 15 is 0 Å². The molecule has 0 atom stereocenters. The number of benzene rings is 1. The minimum Gasteiger partial charge on any atom is -0.483 e. The molecule has 1 aliphatic carbocycles. The first-order valence-electron chi connectivity index (χ1n) is 7.67. The largest absolute Gasteiger partial charge is 0.483 e. The van der Waals surface area contributed by atoms with Crippen molar-refractivity contribution in [3.8, 4) is 5.75 Å². The van der Waals surface area contributed by atoms with Gasteiger partial charge in [-0.2, -0.15) is 0 Å². The van der Waals surface area contributed by atoms with Crippen molar-refractivity contribution in [1.82, 2.24) is 5.32 Å². The summed E-state index contributed by atoms with van der Waals surface area (Å²) in [4.78, 5) is 12.1. The van der Waals surface area contributed by atoms with E-state index in [1.54, 1.807) is 0 Å². The van der Waals surface area contributed by atoms with Gasteiger partial charge in [0.1, 0.15) is 5.75 Å². The Labute approximate surface area is 139 Å². The van der Waals surface area contributed by atoms with Crippen LogP contribution in [0.15, 0.2) is 12.1 Å². The van der Waals surface area contributed by atoms with Gasteiger partial charge in [0, 0.05) is 6.54 Å². The molecule has 3 N–H and O–H groups in total. The first-order valence-corrected chi connectivity index (χ1v) is 7.67. The maximum atomic E-state index is 12.1. The first kappa shape index (κ1) is 18.8. The fourth-order valence-electron chi connectivity index (χ4n) is 3.30. The van der Waals surface area contributed by atoms with Gasteiger partial charge in [0.25, 0.3) is 5.91 Å². The van der Waals surface area contributed by atoms with Gasteiger partial charge in [-0.3, -0.25) is 4.79 Å². The van der Waals surface area contributed by atoms with Crippen molar-refractivity contribution < 1.29 is 9.53 Å². The van der Waals surface area contributed by atoms with Crippen LogP contribution in [0.25, 0.3) is 0 Å². The Morgan fingerprint density at radius 1 is 1.23 bits per heavy atom. The Morgan fingerprint density at radius 2 is 1.77 bits per heavy atom. The van der Waals surface area contributed by atoms with Crippen LogP contribution >= 0.6 is 12.4 Å². The van der Waals surface area contributed by atoms with Crippen molar-refractivity contribution in [2.45, 2.75) is 52.0 Å². The van der Waals surface area contributed by atoms with Crippen molar-refractivity contribution in [1.29, 1.82) is 0 Å². The lowest BCUT2D eigenvalue weighted by Crippen LogP contribution is -2.52. The lowest BCUT2D eigenvalue weighted by atomic mass is 9.98. The van der Waals surface area contributed by atoms with Crippen molar-refractivity contribution >= 4 is 18.3 Å². The summed E-state index contributed by atoms with van der Waals surface area (Å²) >= 11 is 0. The van der Waals surface area contributed by atoms with Crippen LogP contribution in [0.1, 0.15) is 42.4 Å². The normalized spacial score (nSPS) is 16.0. The Morgan fingerprint density at radius 3 is 2.27 bits per heavy atom. The highest BCUT2D eigenvalue weighted by Crippen LogP contribution is 2.29. The number of carbonyl (C=O) groups excluding carboxylic acids is 1. The van der Waals surface area contributed by atoms with Gasteiger partial charge in [0.05, 0.1) is 5.54 Å². The lowest BCUT2D eigenvalue weighted by Gasteiger charge is -2.28. The molecule has 0 aliphatic heterocycles. The van der Waals surface area contributed by atoms with Crippen molar-refractivity contribution in [3.05, 3.63) is 28.8 Å². The van der Waals surface area contributed by atoms with Crippen LogP contribution in [0.5, 0.6) is 5.75 Å². The van der Waals surface area contributed by atoms with Gasteiger partial charge >= 0.3 is 0 Å².